The molecule has 4 aromatic rings. The van der Waals surface area contributed by atoms with Crippen LogP contribution in [-0.4, -0.2) is 49.2 Å². The number of hydrogen-bond donors (Lipinski definition) is 0. The van der Waals surface area contributed by atoms with E-state index >= 15 is 0 Å². The highest BCUT2D eigenvalue weighted by molar-refractivity contribution is 5.81. The van der Waals surface area contributed by atoms with Crippen molar-refractivity contribution in [1.82, 2.24) is 15.0 Å². The lowest BCUT2D eigenvalue weighted by molar-refractivity contribution is -0.0933. The molecular formula is C28H24F4N4O3. The quantitative estimate of drug-likeness (QED) is 0.173. The molecule has 3 aromatic carbocycles. The average Bonchev–Trinajstić information content (AvgIpc) is 3.41. The highest BCUT2D eigenvalue weighted by Crippen LogP contribution is 2.37. The predicted octanol–water partition coefficient (Wildman–Crippen LogP) is 6.76. The number of rotatable bonds is 9. The van der Waals surface area contributed by atoms with Gasteiger partial charge in [0.2, 0.25) is 5.82 Å². The number of benzene rings is 3. The van der Waals surface area contributed by atoms with E-state index in [9.17, 15) is 17.6 Å². The van der Waals surface area contributed by atoms with E-state index in [0.29, 0.717) is 39.6 Å². The van der Waals surface area contributed by atoms with Crippen LogP contribution in [0.4, 0.5) is 17.6 Å². The molecule has 7 nitrogen and oxygen atoms in total. The Hall–Kier alpha value is -4.67. The third-order valence-electron chi connectivity index (χ3n) is 5.78. The van der Waals surface area contributed by atoms with Gasteiger partial charge in [-0.25, -0.2) is 4.39 Å². The Balaban J connectivity index is 1.58. The van der Waals surface area contributed by atoms with Crippen LogP contribution < -0.4 is 9.47 Å². The Morgan fingerprint density at radius 2 is 1.67 bits per heavy atom. The molecule has 1 aromatic heterocycles. The second kappa shape index (κ2) is 11.4. The van der Waals surface area contributed by atoms with Gasteiger partial charge < -0.3 is 18.9 Å². The van der Waals surface area contributed by atoms with Crippen molar-refractivity contribution in [3.05, 3.63) is 83.9 Å². The maximum Gasteiger partial charge on any atom is 0.434 e. The molecule has 0 saturated carbocycles. The second-order valence-corrected chi connectivity index (χ2v) is 8.47. The molecule has 0 aliphatic heterocycles. The van der Waals surface area contributed by atoms with Gasteiger partial charge in [-0.05, 0) is 53.7 Å². The molecule has 0 atom stereocenters. The van der Waals surface area contributed by atoms with Crippen LogP contribution in [0, 0.1) is 5.82 Å². The van der Waals surface area contributed by atoms with Crippen LogP contribution in [0.25, 0.3) is 34.0 Å². The fourth-order valence-electron chi connectivity index (χ4n) is 3.90. The maximum atomic E-state index is 14.2. The molecule has 11 heteroatoms. The van der Waals surface area contributed by atoms with Crippen molar-refractivity contribution in [2.45, 2.75) is 12.7 Å². The van der Waals surface area contributed by atoms with Crippen molar-refractivity contribution in [2.24, 2.45) is 4.99 Å². The van der Waals surface area contributed by atoms with Gasteiger partial charge in [0.15, 0.2) is 17.2 Å². The first kappa shape index (κ1) is 27.4. The molecule has 0 unspecified atom stereocenters. The highest BCUT2D eigenvalue weighted by atomic mass is 19.4. The SMILES string of the molecule is C=N/C(=C\N(C)Cc1ccc(-c2noc(-c3ccc(F)cc3-c3ccc(OC)c(OC)c3)n2)cc1)C(F)(F)F. The number of aromatic nitrogens is 2. The Bertz CT molecular complexity index is 1500. The first-order valence-electron chi connectivity index (χ1n) is 11.5. The minimum atomic E-state index is -4.58. The number of hydrogen-bond acceptors (Lipinski definition) is 7. The zero-order valence-electron chi connectivity index (χ0n) is 21.3. The second-order valence-electron chi connectivity index (χ2n) is 8.47. The van der Waals surface area contributed by atoms with E-state index < -0.39 is 17.7 Å². The van der Waals surface area contributed by atoms with Gasteiger partial charge in [-0.2, -0.15) is 18.2 Å². The minimum Gasteiger partial charge on any atom is -0.493 e. The third kappa shape index (κ3) is 6.25. The molecular weight excluding hydrogens is 516 g/mol. The smallest absolute Gasteiger partial charge is 0.434 e. The molecule has 0 saturated heterocycles. The number of aliphatic imine (C=N–C) groups is 1. The van der Waals surface area contributed by atoms with E-state index in [1.54, 1.807) is 48.5 Å². The van der Waals surface area contributed by atoms with Gasteiger partial charge >= 0.3 is 6.18 Å². The molecule has 0 N–H and O–H groups in total. The van der Waals surface area contributed by atoms with Crippen LogP contribution in [-0.2, 0) is 6.54 Å². The number of allylic oxidation sites excluding steroid dienone is 1. The average molecular weight is 541 g/mol. The van der Waals surface area contributed by atoms with E-state index in [1.165, 1.54) is 38.3 Å². The molecule has 0 amide bonds. The van der Waals surface area contributed by atoms with Gasteiger partial charge in [0.05, 0.1) is 14.2 Å². The largest absolute Gasteiger partial charge is 0.493 e. The van der Waals surface area contributed by atoms with Crippen LogP contribution in [0.5, 0.6) is 11.5 Å². The topological polar surface area (TPSA) is 73.0 Å². The van der Waals surface area contributed by atoms with E-state index in [1.807, 2.05) is 0 Å². The summed E-state index contributed by atoms with van der Waals surface area (Å²) in [6.07, 6.45) is -3.69. The Morgan fingerprint density at radius 3 is 2.31 bits per heavy atom. The molecule has 0 radical (unpaired) electrons. The van der Waals surface area contributed by atoms with Gasteiger partial charge in [0.25, 0.3) is 5.89 Å². The summed E-state index contributed by atoms with van der Waals surface area (Å²) < 4.78 is 69.1. The highest BCUT2D eigenvalue weighted by Gasteiger charge is 2.33. The molecule has 1 heterocycles. The summed E-state index contributed by atoms with van der Waals surface area (Å²) in [5.41, 5.74) is 2.00. The lowest BCUT2D eigenvalue weighted by atomic mass is 9.99. The van der Waals surface area contributed by atoms with Crippen LogP contribution in [0.2, 0.25) is 0 Å². The molecule has 0 fully saturated rings. The zero-order valence-corrected chi connectivity index (χ0v) is 21.3. The minimum absolute atomic E-state index is 0.181. The summed E-state index contributed by atoms with van der Waals surface area (Å²) in [6, 6.07) is 16.4. The summed E-state index contributed by atoms with van der Waals surface area (Å²) in [5, 5.41) is 4.06. The molecule has 0 bridgehead atoms. The van der Waals surface area contributed by atoms with Crippen molar-refractivity contribution < 1.29 is 31.6 Å². The normalized spacial score (nSPS) is 11.8. The summed E-state index contributed by atoms with van der Waals surface area (Å²) in [7, 11) is 4.54. The zero-order chi connectivity index (χ0) is 28.2. The summed E-state index contributed by atoms with van der Waals surface area (Å²) in [5.74, 6) is 1.05. The van der Waals surface area contributed by atoms with E-state index in [-0.39, 0.29) is 12.4 Å². The van der Waals surface area contributed by atoms with Crippen molar-refractivity contribution >= 4 is 6.72 Å². The third-order valence-corrected chi connectivity index (χ3v) is 5.78. The first-order valence-corrected chi connectivity index (χ1v) is 11.5. The first-order chi connectivity index (χ1) is 18.6. The number of alkyl halides is 3. The van der Waals surface area contributed by atoms with Gasteiger partial charge in [0.1, 0.15) is 5.82 Å². The van der Waals surface area contributed by atoms with Crippen LogP contribution in [0.1, 0.15) is 5.56 Å². The molecule has 202 valence electrons. The fraction of sp³-hybridized carbons (Fsp3) is 0.179. The molecule has 0 aliphatic carbocycles. The Kier molecular flexibility index (Phi) is 7.99. The Morgan fingerprint density at radius 1 is 0.974 bits per heavy atom. The molecule has 4 rings (SSSR count). The number of halogens is 4. The van der Waals surface area contributed by atoms with Gasteiger partial charge in [-0.15, -0.1) is 0 Å². The molecule has 39 heavy (non-hydrogen) atoms. The molecule has 0 aliphatic rings. The van der Waals surface area contributed by atoms with Crippen LogP contribution >= 0.6 is 0 Å². The Labute approximate surface area is 222 Å². The summed E-state index contributed by atoms with van der Waals surface area (Å²) >= 11 is 0. The van der Waals surface area contributed by atoms with Crippen molar-refractivity contribution in [2.75, 3.05) is 21.3 Å². The predicted molar refractivity (Wildman–Crippen MR) is 139 cm³/mol. The lowest BCUT2D eigenvalue weighted by Crippen LogP contribution is -2.17. The maximum absolute atomic E-state index is 14.2. The van der Waals surface area contributed by atoms with Crippen LogP contribution in [0.3, 0.4) is 0 Å². The fourth-order valence-corrected chi connectivity index (χ4v) is 3.90. The van der Waals surface area contributed by atoms with Gasteiger partial charge in [0, 0.05) is 30.9 Å². The van der Waals surface area contributed by atoms with Crippen molar-refractivity contribution in [3.8, 4) is 45.5 Å². The van der Waals surface area contributed by atoms with Crippen molar-refractivity contribution in [1.29, 1.82) is 0 Å². The summed E-state index contributed by atoms with van der Waals surface area (Å²) in [6.45, 7) is 3.19. The number of ether oxygens (including phenoxy) is 2. The van der Waals surface area contributed by atoms with E-state index in [2.05, 4.69) is 21.9 Å². The lowest BCUT2D eigenvalue weighted by Gasteiger charge is -2.16. The van der Waals surface area contributed by atoms with E-state index in [4.69, 9.17) is 14.0 Å². The van der Waals surface area contributed by atoms with Crippen molar-refractivity contribution in [3.63, 3.8) is 0 Å². The number of methoxy groups -OCH3 is 2. The van der Waals surface area contributed by atoms with Gasteiger partial charge in [-0.1, -0.05) is 35.5 Å². The summed E-state index contributed by atoms with van der Waals surface area (Å²) in [4.78, 5) is 8.91. The monoisotopic (exact) mass is 540 g/mol. The number of nitrogens with zero attached hydrogens (tertiary/aromatic N) is 4. The van der Waals surface area contributed by atoms with Gasteiger partial charge in [-0.3, -0.25) is 4.99 Å². The molecule has 0 spiro atoms. The van der Waals surface area contributed by atoms with Crippen LogP contribution in [0.15, 0.2) is 82.1 Å². The standard InChI is InChI=1S/C28H24F4N4O3/c1-33-25(28(30,31)32)16-36(2)15-17-5-7-18(8-6-17)26-34-27(39-35-26)21-11-10-20(29)14-22(21)19-9-12-23(37-3)24(13-19)38-4/h5-14,16H,1,15H2,2-4H3/b25-16-. The van der Waals surface area contributed by atoms with E-state index in [0.717, 1.165) is 11.8 Å².